The van der Waals surface area contributed by atoms with Crippen LogP contribution in [0.3, 0.4) is 0 Å². The first-order chi connectivity index (χ1) is 11.1. The number of carbonyl (C=O) groups is 1. The van der Waals surface area contributed by atoms with Crippen LogP contribution in [0.2, 0.25) is 0 Å². The first kappa shape index (κ1) is 15.4. The zero-order chi connectivity index (χ0) is 16.4. The fourth-order valence-electron chi connectivity index (χ4n) is 2.55. The number of hydrogen-bond acceptors (Lipinski definition) is 6. The molecular weight excluding hydrogens is 294 g/mol. The topological polar surface area (TPSA) is 97.6 Å². The molecule has 2 N–H and O–H groups in total. The molecule has 1 aliphatic heterocycles. The largest absolute Gasteiger partial charge is 0.369 e. The van der Waals surface area contributed by atoms with Crippen molar-refractivity contribution in [2.24, 2.45) is 7.05 Å². The highest BCUT2D eigenvalue weighted by Gasteiger charge is 2.24. The molecular formula is C15H21N7O. The number of rotatable bonds is 5. The van der Waals surface area contributed by atoms with Gasteiger partial charge in [-0.25, -0.2) is 15.0 Å². The number of nitrogens with zero attached hydrogens (tertiary/aromatic N) is 5. The Hall–Kier alpha value is -2.51. The minimum Gasteiger partial charge on any atom is -0.369 e. The van der Waals surface area contributed by atoms with Crippen molar-refractivity contribution in [1.82, 2.24) is 30.0 Å². The molecule has 3 rings (SSSR count). The van der Waals surface area contributed by atoms with E-state index in [1.54, 1.807) is 11.0 Å². The predicted molar refractivity (Wildman–Crippen MR) is 85.4 cm³/mol. The third-order valence-electron chi connectivity index (χ3n) is 3.86. The Morgan fingerprint density at radius 3 is 2.91 bits per heavy atom. The van der Waals surface area contributed by atoms with Crippen LogP contribution in [-0.4, -0.2) is 43.7 Å². The molecule has 0 saturated heterocycles. The summed E-state index contributed by atoms with van der Waals surface area (Å²) in [4.78, 5) is 25.3. The molecule has 0 bridgehead atoms. The van der Waals surface area contributed by atoms with Gasteiger partial charge < -0.3 is 10.6 Å². The maximum absolute atomic E-state index is 12.1. The summed E-state index contributed by atoms with van der Waals surface area (Å²) in [5, 5.41) is 10.2. The van der Waals surface area contributed by atoms with Crippen molar-refractivity contribution < 1.29 is 4.79 Å². The van der Waals surface area contributed by atoms with E-state index in [4.69, 9.17) is 0 Å². The number of hydrogen-bond donors (Lipinski definition) is 2. The minimum atomic E-state index is -0.119. The first-order valence-corrected chi connectivity index (χ1v) is 7.82. The molecule has 1 amide bonds. The van der Waals surface area contributed by atoms with E-state index >= 15 is 0 Å². The minimum absolute atomic E-state index is 0.119. The molecule has 1 aliphatic rings. The van der Waals surface area contributed by atoms with Gasteiger partial charge in [-0.2, -0.15) is 5.10 Å². The zero-order valence-corrected chi connectivity index (χ0v) is 13.6. The Morgan fingerprint density at radius 2 is 2.22 bits per heavy atom. The second-order valence-corrected chi connectivity index (χ2v) is 5.89. The van der Waals surface area contributed by atoms with E-state index < -0.39 is 0 Å². The van der Waals surface area contributed by atoms with E-state index in [1.807, 2.05) is 20.9 Å². The average molecular weight is 315 g/mol. The number of anilines is 1. The lowest BCUT2D eigenvalue weighted by Crippen LogP contribution is -2.34. The molecule has 2 aromatic rings. The van der Waals surface area contributed by atoms with Crippen LogP contribution in [0.1, 0.15) is 47.5 Å². The molecule has 122 valence electrons. The van der Waals surface area contributed by atoms with Crippen LogP contribution in [0.25, 0.3) is 0 Å². The van der Waals surface area contributed by atoms with Crippen molar-refractivity contribution in [2.45, 2.75) is 32.6 Å². The molecule has 0 unspecified atom stereocenters. The first-order valence-electron chi connectivity index (χ1n) is 7.82. The Balaban J connectivity index is 1.82. The molecule has 8 nitrogen and oxygen atoms in total. The monoisotopic (exact) mass is 315 g/mol. The van der Waals surface area contributed by atoms with E-state index in [0.29, 0.717) is 24.6 Å². The number of amides is 1. The Labute approximate surface area is 134 Å². The Morgan fingerprint density at radius 1 is 1.39 bits per heavy atom. The van der Waals surface area contributed by atoms with Crippen LogP contribution >= 0.6 is 0 Å². The van der Waals surface area contributed by atoms with Crippen LogP contribution in [0.15, 0.2) is 6.33 Å². The smallest absolute Gasteiger partial charge is 0.270 e. The average Bonchev–Trinajstić information content (AvgIpc) is 2.93. The maximum atomic E-state index is 12.1. The lowest BCUT2D eigenvalue weighted by atomic mass is 10.1. The van der Waals surface area contributed by atoms with E-state index in [0.717, 1.165) is 30.0 Å². The molecule has 0 fully saturated rings. The lowest BCUT2D eigenvalue weighted by Gasteiger charge is -2.20. The molecule has 0 spiro atoms. The van der Waals surface area contributed by atoms with E-state index in [-0.39, 0.29) is 11.8 Å². The summed E-state index contributed by atoms with van der Waals surface area (Å²) in [6.07, 6.45) is 3.02. The van der Waals surface area contributed by atoms with E-state index in [2.05, 4.69) is 30.7 Å². The fraction of sp³-hybridized carbons (Fsp3) is 0.533. The van der Waals surface area contributed by atoms with Crippen molar-refractivity contribution in [3.05, 3.63) is 29.2 Å². The van der Waals surface area contributed by atoms with Gasteiger partial charge in [-0.1, -0.05) is 13.8 Å². The van der Waals surface area contributed by atoms with Crippen molar-refractivity contribution in [3.8, 4) is 0 Å². The number of aromatic nitrogens is 5. The van der Waals surface area contributed by atoms with Gasteiger partial charge in [-0.3, -0.25) is 9.48 Å². The van der Waals surface area contributed by atoms with Gasteiger partial charge in [0.15, 0.2) is 0 Å². The summed E-state index contributed by atoms with van der Waals surface area (Å²) in [7, 11) is 1.87. The summed E-state index contributed by atoms with van der Waals surface area (Å²) in [5.41, 5.74) is 1.40. The third kappa shape index (κ3) is 3.15. The molecule has 0 atom stereocenters. The molecule has 23 heavy (non-hydrogen) atoms. The summed E-state index contributed by atoms with van der Waals surface area (Å²) in [5.74, 6) is 2.39. The van der Waals surface area contributed by atoms with Crippen molar-refractivity contribution in [2.75, 3.05) is 18.4 Å². The fourth-order valence-corrected chi connectivity index (χ4v) is 2.55. The van der Waals surface area contributed by atoms with E-state index in [1.165, 1.54) is 0 Å². The zero-order valence-electron chi connectivity index (χ0n) is 13.6. The molecule has 0 radical (unpaired) electrons. The van der Waals surface area contributed by atoms with Crippen LogP contribution in [0.4, 0.5) is 5.82 Å². The third-order valence-corrected chi connectivity index (χ3v) is 3.86. The number of aryl methyl sites for hydroxylation is 1. The van der Waals surface area contributed by atoms with Gasteiger partial charge in [0.25, 0.3) is 5.91 Å². The van der Waals surface area contributed by atoms with Gasteiger partial charge in [0.1, 0.15) is 29.5 Å². The van der Waals surface area contributed by atoms with Crippen LogP contribution in [-0.2, 0) is 19.9 Å². The van der Waals surface area contributed by atoms with Gasteiger partial charge in [0.2, 0.25) is 0 Å². The number of nitrogens with one attached hydrogen (secondary N) is 2. The Kier molecular flexibility index (Phi) is 4.22. The molecule has 0 saturated carbocycles. The van der Waals surface area contributed by atoms with Crippen LogP contribution < -0.4 is 10.6 Å². The lowest BCUT2D eigenvalue weighted by molar-refractivity contribution is 0.0940. The van der Waals surface area contributed by atoms with Gasteiger partial charge in [0.05, 0.1) is 0 Å². The predicted octanol–water partition coefficient (Wildman–Crippen LogP) is 0.669. The normalized spacial score (nSPS) is 13.8. The summed E-state index contributed by atoms with van der Waals surface area (Å²) in [6.45, 7) is 5.33. The standard InChI is InChI=1S/C15H21N7O/c1-9(2)13-20-12-10(4-6-17-15(12)23)14(21-13)16-7-5-11-18-8-19-22(11)3/h8-9H,4-7H2,1-3H3,(H,17,23)(H,16,20,21). The summed E-state index contributed by atoms with van der Waals surface area (Å²) >= 11 is 0. The molecule has 0 aromatic carbocycles. The summed E-state index contributed by atoms with van der Waals surface area (Å²) < 4.78 is 1.75. The van der Waals surface area contributed by atoms with Gasteiger partial charge in [-0.05, 0) is 6.42 Å². The second-order valence-electron chi connectivity index (χ2n) is 5.89. The highest BCUT2D eigenvalue weighted by atomic mass is 16.1. The molecule has 3 heterocycles. The molecule has 0 aliphatic carbocycles. The van der Waals surface area contributed by atoms with Crippen molar-refractivity contribution in [3.63, 3.8) is 0 Å². The van der Waals surface area contributed by atoms with Crippen molar-refractivity contribution in [1.29, 1.82) is 0 Å². The SMILES string of the molecule is CC(C)c1nc(NCCc2ncnn2C)c2c(n1)C(=O)NCC2. The number of carbonyl (C=O) groups excluding carboxylic acids is 1. The highest BCUT2D eigenvalue weighted by molar-refractivity contribution is 5.96. The van der Waals surface area contributed by atoms with Crippen LogP contribution in [0.5, 0.6) is 0 Å². The summed E-state index contributed by atoms with van der Waals surface area (Å²) in [6, 6.07) is 0. The maximum Gasteiger partial charge on any atom is 0.270 e. The molecule has 8 heteroatoms. The Bertz CT molecular complexity index is 723. The van der Waals surface area contributed by atoms with Gasteiger partial charge in [-0.15, -0.1) is 0 Å². The number of fused-ring (bicyclic) bond motifs is 1. The van der Waals surface area contributed by atoms with Crippen LogP contribution in [0, 0.1) is 0 Å². The highest BCUT2D eigenvalue weighted by Crippen LogP contribution is 2.23. The van der Waals surface area contributed by atoms with Gasteiger partial charge in [0, 0.05) is 38.0 Å². The van der Waals surface area contributed by atoms with Gasteiger partial charge >= 0.3 is 0 Å². The second kappa shape index (κ2) is 6.31. The quantitative estimate of drug-likeness (QED) is 0.841. The molecule has 2 aromatic heterocycles. The van der Waals surface area contributed by atoms with E-state index in [9.17, 15) is 4.79 Å². The van der Waals surface area contributed by atoms with Crippen molar-refractivity contribution >= 4 is 11.7 Å².